The normalized spacial score (nSPS) is 19.0. The smallest absolute Gasteiger partial charge is 0.227 e. The summed E-state index contributed by atoms with van der Waals surface area (Å²) in [6.45, 7) is 2.17. The molecule has 1 unspecified atom stereocenters. The molecule has 1 heterocycles. The molecular formula is C13H13BrClNO2S. The summed E-state index contributed by atoms with van der Waals surface area (Å²) in [5, 5.41) is 0.641. The van der Waals surface area contributed by atoms with E-state index in [1.54, 1.807) is 11.8 Å². The molecule has 1 atom stereocenters. The van der Waals surface area contributed by atoms with Crippen LogP contribution in [0, 0.1) is 5.92 Å². The second-order valence-corrected chi connectivity index (χ2v) is 6.88. The summed E-state index contributed by atoms with van der Waals surface area (Å²) in [5.41, 5.74) is 0.733. The van der Waals surface area contributed by atoms with Crippen molar-refractivity contribution in [1.82, 2.24) is 0 Å². The maximum atomic E-state index is 12.1. The van der Waals surface area contributed by atoms with Crippen LogP contribution in [-0.4, -0.2) is 23.3 Å². The summed E-state index contributed by atoms with van der Waals surface area (Å²) in [6, 6.07) is 5.54. The quantitative estimate of drug-likeness (QED) is 0.822. The van der Waals surface area contributed by atoms with E-state index >= 15 is 0 Å². The van der Waals surface area contributed by atoms with E-state index in [1.807, 2.05) is 18.2 Å². The van der Waals surface area contributed by atoms with Crippen LogP contribution in [0.4, 0.5) is 5.69 Å². The molecule has 1 fully saturated rings. The second kappa shape index (κ2) is 6.29. The summed E-state index contributed by atoms with van der Waals surface area (Å²) in [5.74, 6) is 0.953. The van der Waals surface area contributed by atoms with Gasteiger partial charge in [-0.1, -0.05) is 29.4 Å². The van der Waals surface area contributed by atoms with Crippen LogP contribution in [0.1, 0.15) is 13.3 Å². The molecule has 0 aromatic heterocycles. The highest BCUT2D eigenvalue weighted by atomic mass is 79.9. The first-order chi connectivity index (χ1) is 8.99. The van der Waals surface area contributed by atoms with Crippen LogP contribution in [0.25, 0.3) is 0 Å². The van der Waals surface area contributed by atoms with Crippen molar-refractivity contribution in [1.29, 1.82) is 0 Å². The highest BCUT2D eigenvalue weighted by molar-refractivity contribution is 9.10. The molecule has 1 aliphatic heterocycles. The van der Waals surface area contributed by atoms with Crippen LogP contribution in [0.15, 0.2) is 22.7 Å². The number of amides is 1. The van der Waals surface area contributed by atoms with Crippen molar-refractivity contribution in [2.75, 3.05) is 17.2 Å². The van der Waals surface area contributed by atoms with Gasteiger partial charge in [0.15, 0.2) is 5.12 Å². The fourth-order valence-corrected chi connectivity index (χ4v) is 3.34. The van der Waals surface area contributed by atoms with Gasteiger partial charge in [-0.05, 0) is 34.0 Å². The van der Waals surface area contributed by atoms with E-state index < -0.39 is 0 Å². The lowest BCUT2D eigenvalue weighted by molar-refractivity contribution is -0.117. The van der Waals surface area contributed by atoms with Crippen molar-refractivity contribution in [2.24, 2.45) is 5.92 Å². The molecule has 0 bridgehead atoms. The second-order valence-electron chi connectivity index (χ2n) is 4.45. The van der Waals surface area contributed by atoms with Crippen LogP contribution in [0.3, 0.4) is 0 Å². The molecule has 1 aromatic carbocycles. The number of rotatable bonds is 3. The number of hydrogen-bond donors (Lipinski definition) is 0. The number of nitrogens with zero attached hydrogens (tertiary/aromatic N) is 1. The van der Waals surface area contributed by atoms with E-state index in [2.05, 4.69) is 15.9 Å². The standard InChI is InChI=1S/C13H13BrClNO2S/c1-8(17)19-7-9-5-12(18)16(6-9)11-4-2-3-10(14)13(11)15/h2-4,9H,5-7H2,1H3. The van der Waals surface area contributed by atoms with Gasteiger partial charge in [-0.15, -0.1) is 0 Å². The Balaban J connectivity index is 2.11. The Morgan fingerprint density at radius 3 is 3.00 bits per heavy atom. The minimum Gasteiger partial charge on any atom is -0.311 e. The SMILES string of the molecule is CC(=O)SCC1CC(=O)N(c2cccc(Br)c2Cl)C1. The highest BCUT2D eigenvalue weighted by Gasteiger charge is 2.32. The first-order valence-electron chi connectivity index (χ1n) is 5.86. The number of halogens is 2. The van der Waals surface area contributed by atoms with Gasteiger partial charge in [0.05, 0.1) is 10.7 Å². The minimum atomic E-state index is 0.0640. The fraction of sp³-hybridized carbons (Fsp3) is 0.385. The minimum absolute atomic E-state index is 0.0640. The monoisotopic (exact) mass is 361 g/mol. The van der Waals surface area contributed by atoms with Crippen molar-refractivity contribution >= 4 is 56.0 Å². The molecule has 102 valence electrons. The largest absolute Gasteiger partial charge is 0.311 e. The van der Waals surface area contributed by atoms with Crippen molar-refractivity contribution in [2.45, 2.75) is 13.3 Å². The van der Waals surface area contributed by atoms with Crippen LogP contribution < -0.4 is 4.90 Å². The van der Waals surface area contributed by atoms with Gasteiger partial charge < -0.3 is 4.90 Å². The van der Waals surface area contributed by atoms with Gasteiger partial charge in [0.25, 0.3) is 0 Å². The number of carbonyl (C=O) groups excluding carboxylic acids is 2. The van der Waals surface area contributed by atoms with Gasteiger partial charge >= 0.3 is 0 Å². The van der Waals surface area contributed by atoms with E-state index in [0.29, 0.717) is 23.7 Å². The molecule has 0 spiro atoms. The molecule has 1 saturated heterocycles. The topological polar surface area (TPSA) is 37.4 Å². The van der Waals surface area contributed by atoms with Gasteiger partial charge in [-0.2, -0.15) is 0 Å². The molecule has 0 aliphatic carbocycles. The Hall–Kier alpha value is -0.520. The molecule has 0 radical (unpaired) electrons. The fourth-order valence-electron chi connectivity index (χ4n) is 2.06. The number of carbonyl (C=O) groups is 2. The lowest BCUT2D eigenvalue weighted by Crippen LogP contribution is -2.25. The third-order valence-corrected chi connectivity index (χ3v) is 5.28. The summed E-state index contributed by atoms with van der Waals surface area (Å²) < 4.78 is 0.779. The first kappa shape index (κ1) is 14.9. The van der Waals surface area contributed by atoms with Crippen LogP contribution in [0.2, 0.25) is 5.02 Å². The predicted molar refractivity (Wildman–Crippen MR) is 82.8 cm³/mol. The molecule has 2 rings (SSSR count). The van der Waals surface area contributed by atoms with Crippen LogP contribution in [-0.2, 0) is 9.59 Å². The zero-order valence-corrected chi connectivity index (χ0v) is 13.5. The van der Waals surface area contributed by atoms with Gasteiger partial charge in [-0.3, -0.25) is 9.59 Å². The molecule has 0 N–H and O–H groups in total. The molecule has 1 aromatic rings. The molecule has 6 heteroatoms. The summed E-state index contributed by atoms with van der Waals surface area (Å²) >= 11 is 10.8. The van der Waals surface area contributed by atoms with E-state index in [-0.39, 0.29) is 16.9 Å². The Morgan fingerprint density at radius 2 is 2.32 bits per heavy atom. The lowest BCUT2D eigenvalue weighted by Gasteiger charge is -2.18. The van der Waals surface area contributed by atoms with E-state index in [0.717, 1.165) is 10.2 Å². The zero-order valence-electron chi connectivity index (χ0n) is 10.4. The van der Waals surface area contributed by atoms with Gasteiger partial charge in [-0.25, -0.2) is 0 Å². The zero-order chi connectivity index (χ0) is 14.0. The number of thioether (sulfide) groups is 1. The maximum absolute atomic E-state index is 12.1. The Bertz CT molecular complexity index is 523. The summed E-state index contributed by atoms with van der Waals surface area (Å²) in [4.78, 5) is 24.7. The first-order valence-corrected chi connectivity index (χ1v) is 8.02. The number of hydrogen-bond acceptors (Lipinski definition) is 3. The van der Waals surface area contributed by atoms with Crippen molar-refractivity contribution in [3.63, 3.8) is 0 Å². The van der Waals surface area contributed by atoms with Crippen molar-refractivity contribution in [3.8, 4) is 0 Å². The number of benzene rings is 1. The van der Waals surface area contributed by atoms with Crippen LogP contribution in [0.5, 0.6) is 0 Å². The van der Waals surface area contributed by atoms with Crippen molar-refractivity contribution < 1.29 is 9.59 Å². The molecular weight excluding hydrogens is 350 g/mol. The van der Waals surface area contributed by atoms with Gasteiger partial charge in [0, 0.05) is 30.1 Å². The molecule has 0 saturated carbocycles. The molecule has 1 aliphatic rings. The Kier molecular flexibility index (Phi) is 4.92. The van der Waals surface area contributed by atoms with Crippen molar-refractivity contribution in [3.05, 3.63) is 27.7 Å². The highest BCUT2D eigenvalue weighted by Crippen LogP contribution is 2.36. The van der Waals surface area contributed by atoms with Gasteiger partial charge in [0.1, 0.15) is 0 Å². The summed E-state index contributed by atoms with van der Waals surface area (Å²) in [7, 11) is 0. The average molecular weight is 363 g/mol. The van der Waals surface area contributed by atoms with E-state index in [1.165, 1.54) is 11.8 Å². The average Bonchev–Trinajstić information content (AvgIpc) is 2.71. The van der Waals surface area contributed by atoms with Gasteiger partial charge in [0.2, 0.25) is 5.91 Å². The molecule has 19 heavy (non-hydrogen) atoms. The van der Waals surface area contributed by atoms with Crippen LogP contribution >= 0.6 is 39.3 Å². The number of anilines is 1. The third-order valence-electron chi connectivity index (χ3n) is 2.95. The summed E-state index contributed by atoms with van der Waals surface area (Å²) in [6.07, 6.45) is 0.475. The Labute approximate surface area is 129 Å². The predicted octanol–water partition coefficient (Wildman–Crippen LogP) is 3.74. The maximum Gasteiger partial charge on any atom is 0.227 e. The molecule has 1 amide bonds. The lowest BCUT2D eigenvalue weighted by atomic mass is 10.1. The Morgan fingerprint density at radius 1 is 1.58 bits per heavy atom. The van der Waals surface area contributed by atoms with E-state index in [4.69, 9.17) is 11.6 Å². The van der Waals surface area contributed by atoms with E-state index in [9.17, 15) is 9.59 Å². The molecule has 3 nitrogen and oxygen atoms in total. The third kappa shape index (κ3) is 3.52.